The Hall–Kier alpha value is -1.54. The van der Waals surface area contributed by atoms with Gasteiger partial charge in [0.25, 0.3) is 0 Å². The molecule has 0 N–H and O–H groups in total. The van der Waals surface area contributed by atoms with Crippen LogP contribution in [0.2, 0.25) is 0 Å². The van der Waals surface area contributed by atoms with Crippen molar-refractivity contribution in [1.29, 1.82) is 0 Å². The van der Waals surface area contributed by atoms with E-state index in [4.69, 9.17) is 9.47 Å². The monoisotopic (exact) mass is 282 g/mol. The van der Waals surface area contributed by atoms with Gasteiger partial charge in [0.15, 0.2) is 5.82 Å². The van der Waals surface area contributed by atoms with E-state index in [1.54, 1.807) is 11.4 Å². The minimum Gasteiger partial charge on any atom is -0.461 e. The number of hydrogen-bond donors (Lipinski definition) is 0. The summed E-state index contributed by atoms with van der Waals surface area (Å²) in [4.78, 5) is 12.3. The average Bonchev–Trinajstić information content (AvgIpc) is 2.99. The highest BCUT2D eigenvalue weighted by atomic mass is 32.1. The smallest absolute Gasteiger partial charge is 0.369 e. The Kier molecular flexibility index (Phi) is 3.43. The van der Waals surface area contributed by atoms with E-state index in [0.717, 1.165) is 31.9 Å². The highest BCUT2D eigenvalue weighted by Gasteiger charge is 2.24. The second-order valence-corrected chi connectivity index (χ2v) is 5.22. The lowest BCUT2D eigenvalue weighted by Crippen LogP contribution is -2.17. The first-order chi connectivity index (χ1) is 9.29. The summed E-state index contributed by atoms with van der Waals surface area (Å²) in [6.45, 7) is 3.57. The summed E-state index contributed by atoms with van der Waals surface area (Å²) in [5.74, 6) is 0.696. The lowest BCUT2D eigenvalue weighted by atomic mass is 10.00. The van der Waals surface area contributed by atoms with Crippen LogP contribution < -0.4 is 0 Å². The van der Waals surface area contributed by atoms with Crippen LogP contribution in [0.5, 0.6) is 0 Å². The molecule has 0 atom stereocenters. The predicted octanol–water partition coefficient (Wildman–Crippen LogP) is 1.26. The summed E-state index contributed by atoms with van der Waals surface area (Å²) in [7, 11) is 0. The zero-order valence-electron chi connectivity index (χ0n) is 10.5. The fourth-order valence-electron chi connectivity index (χ4n) is 2.12. The Balaban J connectivity index is 1.91. The van der Waals surface area contributed by atoms with Gasteiger partial charge in [-0.2, -0.15) is 4.52 Å². The molecule has 0 radical (unpaired) electrons. The fourth-order valence-corrected chi connectivity index (χ4v) is 2.86. The van der Waals surface area contributed by atoms with E-state index in [1.165, 1.54) is 11.3 Å². The maximum absolute atomic E-state index is 11.6. The third-order valence-electron chi connectivity index (χ3n) is 3.05. The summed E-state index contributed by atoms with van der Waals surface area (Å²) >= 11 is 1.20. The van der Waals surface area contributed by atoms with Gasteiger partial charge in [0, 0.05) is 19.1 Å². The van der Waals surface area contributed by atoms with Crippen LogP contribution in [0.25, 0.3) is 4.96 Å². The summed E-state index contributed by atoms with van der Waals surface area (Å²) in [6, 6.07) is 0. The number of hydrogen-bond acceptors (Lipinski definition) is 7. The van der Waals surface area contributed by atoms with E-state index in [-0.39, 0.29) is 0 Å². The van der Waals surface area contributed by atoms with Crippen molar-refractivity contribution in [2.75, 3.05) is 19.8 Å². The number of fused-ring (bicyclic) bond motifs is 1. The molecule has 0 spiro atoms. The number of carbonyl (C=O) groups excluding carboxylic acids is 1. The molecule has 0 aliphatic carbocycles. The lowest BCUT2D eigenvalue weighted by Gasteiger charge is -2.19. The molecule has 1 aliphatic heterocycles. The largest absolute Gasteiger partial charge is 0.461 e. The molecule has 8 heteroatoms. The predicted molar refractivity (Wildman–Crippen MR) is 67.4 cm³/mol. The summed E-state index contributed by atoms with van der Waals surface area (Å²) < 4.78 is 11.9. The molecule has 0 bridgehead atoms. The van der Waals surface area contributed by atoms with Gasteiger partial charge < -0.3 is 9.47 Å². The maximum Gasteiger partial charge on any atom is 0.369 e. The minimum atomic E-state index is -0.407. The summed E-state index contributed by atoms with van der Waals surface area (Å²) in [5.41, 5.74) is 0. The molecular weight excluding hydrogens is 268 g/mol. The van der Waals surface area contributed by atoms with E-state index in [2.05, 4.69) is 15.3 Å². The first-order valence-electron chi connectivity index (χ1n) is 6.26. The van der Waals surface area contributed by atoms with Gasteiger partial charge in [0.05, 0.1) is 6.61 Å². The van der Waals surface area contributed by atoms with Crippen LogP contribution in [0.1, 0.15) is 41.3 Å². The first kappa shape index (κ1) is 12.5. The summed E-state index contributed by atoms with van der Waals surface area (Å²) in [5, 5.41) is 12.8. The standard InChI is InChI=1S/C11H14N4O3S/c1-2-18-10(16)9-14-15-8(12-13-11(15)19-9)7-3-5-17-6-4-7/h7H,2-6H2,1H3. The zero-order valence-corrected chi connectivity index (χ0v) is 11.4. The first-order valence-corrected chi connectivity index (χ1v) is 7.08. The van der Waals surface area contributed by atoms with E-state index in [9.17, 15) is 4.79 Å². The molecular formula is C11H14N4O3S. The summed E-state index contributed by atoms with van der Waals surface area (Å²) in [6.07, 6.45) is 1.82. The molecule has 0 amide bonds. The van der Waals surface area contributed by atoms with Gasteiger partial charge in [-0.25, -0.2) is 4.79 Å². The molecule has 1 saturated heterocycles. The molecule has 1 aliphatic rings. The maximum atomic E-state index is 11.6. The van der Waals surface area contributed by atoms with Gasteiger partial charge in [-0.15, -0.1) is 15.3 Å². The zero-order chi connectivity index (χ0) is 13.2. The van der Waals surface area contributed by atoms with E-state index < -0.39 is 5.97 Å². The highest BCUT2D eigenvalue weighted by Crippen LogP contribution is 2.27. The molecule has 102 valence electrons. The van der Waals surface area contributed by atoms with Crippen LogP contribution in [0.4, 0.5) is 0 Å². The van der Waals surface area contributed by atoms with Crippen molar-refractivity contribution in [3.63, 3.8) is 0 Å². The van der Waals surface area contributed by atoms with Crippen LogP contribution in [0.15, 0.2) is 0 Å². The quantitative estimate of drug-likeness (QED) is 0.788. The number of nitrogens with zero attached hydrogens (tertiary/aromatic N) is 4. The Bertz CT molecular complexity index is 588. The van der Waals surface area contributed by atoms with Crippen LogP contribution in [0.3, 0.4) is 0 Å². The van der Waals surface area contributed by atoms with Gasteiger partial charge in [0.2, 0.25) is 9.97 Å². The van der Waals surface area contributed by atoms with Crippen LogP contribution in [-0.4, -0.2) is 45.6 Å². The number of aromatic nitrogens is 4. The Morgan fingerprint density at radius 3 is 3.00 bits per heavy atom. The molecule has 3 rings (SSSR count). The second-order valence-electron chi connectivity index (χ2n) is 4.27. The molecule has 7 nitrogen and oxygen atoms in total. The van der Waals surface area contributed by atoms with Crippen molar-refractivity contribution in [2.45, 2.75) is 25.7 Å². The Morgan fingerprint density at radius 1 is 1.47 bits per heavy atom. The molecule has 0 aromatic carbocycles. The molecule has 0 unspecified atom stereocenters. The number of esters is 1. The van der Waals surface area contributed by atoms with E-state index in [1.807, 2.05) is 0 Å². The molecule has 0 saturated carbocycles. The fraction of sp³-hybridized carbons (Fsp3) is 0.636. The topological polar surface area (TPSA) is 78.6 Å². The van der Waals surface area contributed by atoms with Gasteiger partial charge in [0.1, 0.15) is 0 Å². The normalized spacial score (nSPS) is 16.9. The lowest BCUT2D eigenvalue weighted by molar-refractivity contribution is 0.0524. The molecule has 1 fully saturated rings. The molecule has 2 aromatic rings. The third-order valence-corrected chi connectivity index (χ3v) is 3.93. The molecule has 3 heterocycles. The van der Waals surface area contributed by atoms with Gasteiger partial charge >= 0.3 is 5.97 Å². The van der Waals surface area contributed by atoms with Crippen molar-refractivity contribution in [1.82, 2.24) is 19.8 Å². The van der Waals surface area contributed by atoms with Crippen molar-refractivity contribution in [2.24, 2.45) is 0 Å². The number of carbonyl (C=O) groups is 1. The highest BCUT2D eigenvalue weighted by molar-refractivity contribution is 7.18. The second kappa shape index (κ2) is 5.22. The van der Waals surface area contributed by atoms with Crippen LogP contribution >= 0.6 is 11.3 Å². The van der Waals surface area contributed by atoms with Crippen molar-refractivity contribution >= 4 is 22.3 Å². The van der Waals surface area contributed by atoms with E-state index >= 15 is 0 Å². The van der Waals surface area contributed by atoms with Crippen molar-refractivity contribution in [3.8, 4) is 0 Å². The Morgan fingerprint density at radius 2 is 2.26 bits per heavy atom. The van der Waals surface area contributed by atoms with E-state index in [0.29, 0.717) is 22.5 Å². The van der Waals surface area contributed by atoms with Crippen LogP contribution in [0, 0.1) is 0 Å². The van der Waals surface area contributed by atoms with Gasteiger partial charge in [-0.05, 0) is 19.8 Å². The minimum absolute atomic E-state index is 0.292. The average molecular weight is 282 g/mol. The molecule has 2 aromatic heterocycles. The van der Waals surface area contributed by atoms with Crippen LogP contribution in [-0.2, 0) is 9.47 Å². The third kappa shape index (κ3) is 2.33. The SMILES string of the molecule is CCOC(=O)c1nn2c(C3CCOCC3)nnc2s1. The molecule has 19 heavy (non-hydrogen) atoms. The van der Waals surface area contributed by atoms with Crippen molar-refractivity contribution in [3.05, 3.63) is 10.8 Å². The van der Waals surface area contributed by atoms with Crippen molar-refractivity contribution < 1.29 is 14.3 Å². The number of rotatable bonds is 3. The number of ether oxygens (including phenoxy) is 2. The Labute approximate surface area is 113 Å². The van der Waals surface area contributed by atoms with Gasteiger partial charge in [-0.1, -0.05) is 11.3 Å². The van der Waals surface area contributed by atoms with Gasteiger partial charge in [-0.3, -0.25) is 0 Å².